The minimum Gasteiger partial charge on any atom is -0.494 e. The molecule has 11 heteroatoms. The van der Waals surface area contributed by atoms with Gasteiger partial charge in [-0.25, -0.2) is 21.9 Å². The molecule has 2 aromatic rings. The molecule has 2 aromatic carbocycles. The van der Waals surface area contributed by atoms with Crippen molar-refractivity contribution in [1.29, 1.82) is 0 Å². The van der Waals surface area contributed by atoms with Gasteiger partial charge in [0.15, 0.2) is 0 Å². The maximum atomic E-state index is 12.7. The van der Waals surface area contributed by atoms with Gasteiger partial charge < -0.3 is 14.8 Å². The Bertz CT molecular complexity index is 1240. The Morgan fingerprint density at radius 2 is 1.47 bits per heavy atom. The Kier molecular flexibility index (Phi) is 19.6. The summed E-state index contributed by atoms with van der Waals surface area (Å²) in [4.78, 5) is 0.243. The molecule has 266 valence electrons. The van der Waals surface area contributed by atoms with Crippen LogP contribution in [0.25, 0.3) is 0 Å². The largest absolute Gasteiger partial charge is 0.494 e. The molecule has 2 N–H and O–H groups in total. The molecule has 0 unspecified atom stereocenters. The second kappa shape index (κ2) is 23.0. The van der Waals surface area contributed by atoms with Crippen LogP contribution < -0.4 is 14.8 Å². The molecule has 47 heavy (non-hydrogen) atoms. The number of alkyl halides is 2. The summed E-state index contributed by atoms with van der Waals surface area (Å²) < 4.78 is 64.3. The number of unbranched alkanes of at least 4 members (excludes halogenated alkanes) is 12. The topological polar surface area (TPSA) is 76.7 Å². The maximum absolute atomic E-state index is 12.7. The van der Waals surface area contributed by atoms with E-state index in [0.29, 0.717) is 47.9 Å². The number of hydrogen-bond donors (Lipinski definition) is 2. The van der Waals surface area contributed by atoms with Crippen molar-refractivity contribution in [2.24, 2.45) is 5.92 Å². The van der Waals surface area contributed by atoms with Gasteiger partial charge in [-0.15, -0.1) is 0 Å². The standard InChI is InChI=1S/C36H54Cl2F2N2O4S/c37-33-22-17-29(27-34(33)38)36-30(28-41-24-26-46-36)15-11-7-3-1-5-9-13-23-42-47(43,44)32-20-18-31(19-21-32)45-25-14-10-6-2-4-8-12-16-35(39)40/h17-22,27,30,35-36,41-42H,1-16,23-26,28H2/t30-,36+/m1/s1. The van der Waals surface area contributed by atoms with Crippen molar-refractivity contribution in [3.05, 3.63) is 58.1 Å². The normalized spacial score (nSPS) is 17.2. The molecule has 1 heterocycles. The number of sulfonamides is 1. The summed E-state index contributed by atoms with van der Waals surface area (Å²) in [7, 11) is -3.55. The van der Waals surface area contributed by atoms with Crippen LogP contribution in [-0.4, -0.2) is 47.7 Å². The first-order chi connectivity index (χ1) is 22.8. The van der Waals surface area contributed by atoms with Crippen molar-refractivity contribution in [3.63, 3.8) is 0 Å². The van der Waals surface area contributed by atoms with Crippen molar-refractivity contribution in [2.45, 2.75) is 120 Å². The fraction of sp³-hybridized carbons (Fsp3) is 0.667. The van der Waals surface area contributed by atoms with Gasteiger partial charge in [0.05, 0.1) is 34.3 Å². The molecule has 1 saturated heterocycles. The highest BCUT2D eigenvalue weighted by atomic mass is 35.5. The fourth-order valence-corrected chi connectivity index (χ4v) is 7.38. The van der Waals surface area contributed by atoms with Crippen LogP contribution in [-0.2, 0) is 14.8 Å². The number of nitrogens with one attached hydrogen (secondary N) is 2. The lowest BCUT2D eigenvalue weighted by atomic mass is 9.90. The van der Waals surface area contributed by atoms with E-state index in [4.69, 9.17) is 32.7 Å². The smallest absolute Gasteiger partial charge is 0.240 e. The molecule has 0 saturated carbocycles. The van der Waals surface area contributed by atoms with Gasteiger partial charge in [-0.2, -0.15) is 0 Å². The number of rotatable bonds is 24. The first kappa shape index (κ1) is 39.9. The molecule has 2 atom stereocenters. The van der Waals surface area contributed by atoms with Crippen LogP contribution in [0.2, 0.25) is 10.0 Å². The second-order valence-corrected chi connectivity index (χ2v) is 15.1. The summed E-state index contributed by atoms with van der Waals surface area (Å²) in [5.74, 6) is 1.04. The maximum Gasteiger partial charge on any atom is 0.240 e. The van der Waals surface area contributed by atoms with Gasteiger partial charge >= 0.3 is 0 Å². The van der Waals surface area contributed by atoms with E-state index < -0.39 is 16.4 Å². The minimum absolute atomic E-state index is 0.00692. The Morgan fingerprint density at radius 1 is 0.830 bits per heavy atom. The second-order valence-electron chi connectivity index (χ2n) is 12.6. The van der Waals surface area contributed by atoms with Crippen molar-refractivity contribution >= 4 is 33.2 Å². The number of halogens is 4. The molecule has 0 amide bonds. The highest BCUT2D eigenvalue weighted by molar-refractivity contribution is 7.89. The van der Waals surface area contributed by atoms with Crippen LogP contribution in [0, 0.1) is 5.92 Å². The minimum atomic E-state index is -3.55. The van der Waals surface area contributed by atoms with Crippen LogP contribution in [0.3, 0.4) is 0 Å². The number of hydrogen-bond acceptors (Lipinski definition) is 5. The molecule has 3 rings (SSSR count). The quantitative estimate of drug-likeness (QED) is 0.106. The van der Waals surface area contributed by atoms with Crippen molar-refractivity contribution in [2.75, 3.05) is 32.8 Å². The zero-order valence-electron chi connectivity index (χ0n) is 27.7. The van der Waals surface area contributed by atoms with Crippen molar-refractivity contribution < 1.29 is 26.7 Å². The molecule has 1 aliphatic heterocycles. The molecule has 1 aliphatic rings. The molecular weight excluding hydrogens is 665 g/mol. The van der Waals surface area contributed by atoms with E-state index >= 15 is 0 Å². The zero-order valence-corrected chi connectivity index (χ0v) is 30.0. The predicted molar refractivity (Wildman–Crippen MR) is 189 cm³/mol. The SMILES string of the molecule is O=S(=O)(NCCCCCCCCC[C@@H]1CNCCO[C@H]1c1ccc(Cl)c(Cl)c1)c1ccc(OCCCCCCCCCC(F)F)cc1. The first-order valence-corrected chi connectivity index (χ1v) is 19.8. The third-order valence-corrected chi connectivity index (χ3v) is 10.9. The Balaban J connectivity index is 1.20. The van der Waals surface area contributed by atoms with Gasteiger partial charge in [0, 0.05) is 32.0 Å². The van der Waals surface area contributed by atoms with Gasteiger partial charge in [-0.3, -0.25) is 0 Å². The van der Waals surface area contributed by atoms with E-state index in [1.54, 1.807) is 24.3 Å². The van der Waals surface area contributed by atoms with E-state index in [1.807, 2.05) is 18.2 Å². The zero-order chi connectivity index (χ0) is 33.7. The Morgan fingerprint density at radius 3 is 2.15 bits per heavy atom. The van der Waals surface area contributed by atoms with Crippen LogP contribution in [0.15, 0.2) is 47.4 Å². The first-order valence-electron chi connectivity index (χ1n) is 17.5. The van der Waals surface area contributed by atoms with Gasteiger partial charge in [0.1, 0.15) is 5.75 Å². The van der Waals surface area contributed by atoms with E-state index in [-0.39, 0.29) is 17.4 Å². The van der Waals surface area contributed by atoms with Crippen molar-refractivity contribution in [1.82, 2.24) is 10.0 Å². The molecule has 0 aliphatic carbocycles. The highest BCUT2D eigenvalue weighted by Gasteiger charge is 2.26. The number of benzene rings is 2. The molecule has 0 spiro atoms. The molecule has 0 radical (unpaired) electrons. The summed E-state index contributed by atoms with van der Waals surface area (Å²) in [6.45, 7) is 3.46. The van der Waals surface area contributed by atoms with E-state index in [2.05, 4.69) is 10.0 Å². The highest BCUT2D eigenvalue weighted by Crippen LogP contribution is 2.34. The Labute approximate surface area is 291 Å². The molecule has 0 bridgehead atoms. The van der Waals surface area contributed by atoms with Crippen LogP contribution in [0.1, 0.15) is 114 Å². The molecule has 1 fully saturated rings. The van der Waals surface area contributed by atoms with Gasteiger partial charge in [-0.1, -0.05) is 99.9 Å². The van der Waals surface area contributed by atoms with Crippen LogP contribution >= 0.6 is 23.2 Å². The van der Waals surface area contributed by atoms with Gasteiger partial charge in [-0.05, 0) is 67.6 Å². The third kappa shape index (κ3) is 16.2. The average Bonchev–Trinajstić information content (AvgIpc) is 3.30. The van der Waals surface area contributed by atoms with Crippen LogP contribution in [0.5, 0.6) is 5.75 Å². The molecular formula is C36H54Cl2F2N2O4S. The van der Waals surface area contributed by atoms with E-state index in [1.165, 1.54) is 12.8 Å². The lowest BCUT2D eigenvalue weighted by Crippen LogP contribution is -2.24. The summed E-state index contributed by atoms with van der Waals surface area (Å²) >= 11 is 12.4. The van der Waals surface area contributed by atoms with E-state index in [0.717, 1.165) is 95.7 Å². The summed E-state index contributed by atoms with van der Waals surface area (Å²) in [5, 5.41) is 4.62. The monoisotopic (exact) mass is 718 g/mol. The average molecular weight is 720 g/mol. The predicted octanol–water partition coefficient (Wildman–Crippen LogP) is 10.1. The van der Waals surface area contributed by atoms with E-state index in [9.17, 15) is 17.2 Å². The summed E-state index contributed by atoms with van der Waals surface area (Å²) in [6.07, 6.45) is 13.0. The molecule has 6 nitrogen and oxygen atoms in total. The number of ether oxygens (including phenoxy) is 2. The van der Waals surface area contributed by atoms with Gasteiger partial charge in [0.25, 0.3) is 0 Å². The van der Waals surface area contributed by atoms with Crippen molar-refractivity contribution in [3.8, 4) is 5.75 Å². The lowest BCUT2D eigenvalue weighted by molar-refractivity contribution is 0.0273. The van der Waals surface area contributed by atoms with Gasteiger partial charge in [0.2, 0.25) is 16.4 Å². The lowest BCUT2D eigenvalue weighted by Gasteiger charge is -2.25. The summed E-state index contributed by atoms with van der Waals surface area (Å²) in [6, 6.07) is 12.4. The third-order valence-electron chi connectivity index (χ3n) is 8.70. The Hall–Kier alpha value is -1.49. The fourth-order valence-electron chi connectivity index (χ4n) is 5.99. The molecule has 0 aromatic heterocycles. The summed E-state index contributed by atoms with van der Waals surface area (Å²) in [5.41, 5.74) is 1.09. The van der Waals surface area contributed by atoms with Crippen LogP contribution in [0.4, 0.5) is 8.78 Å².